The smallest absolute Gasteiger partial charge is 0.266 e. The fraction of sp³-hybridized carbons (Fsp3) is 0.286. The molecule has 0 unspecified atom stereocenters. The number of amides is 2. The number of thioether (sulfide) groups is 1. The predicted octanol–water partition coefficient (Wildman–Crippen LogP) is 5.46. The van der Waals surface area contributed by atoms with Gasteiger partial charge < -0.3 is 5.32 Å². The Morgan fingerprint density at radius 3 is 2.75 bits per heavy atom. The monoisotopic (exact) mass is 430 g/mol. The number of nitrogens with one attached hydrogen (secondary N) is 1. The highest BCUT2D eigenvalue weighted by molar-refractivity contribution is 8.26. The van der Waals surface area contributed by atoms with E-state index in [0.717, 1.165) is 35.4 Å². The number of rotatable bonds is 8. The lowest BCUT2D eigenvalue weighted by Gasteiger charge is -2.14. The van der Waals surface area contributed by atoms with Gasteiger partial charge in [0, 0.05) is 23.5 Å². The molecule has 146 valence electrons. The zero-order valence-electron chi connectivity index (χ0n) is 15.6. The highest BCUT2D eigenvalue weighted by atomic mass is 32.2. The quantitative estimate of drug-likeness (QED) is 0.343. The van der Waals surface area contributed by atoms with E-state index < -0.39 is 0 Å². The number of thiophene rings is 1. The van der Waals surface area contributed by atoms with Crippen molar-refractivity contribution in [3.63, 3.8) is 0 Å². The van der Waals surface area contributed by atoms with Crippen LogP contribution < -0.4 is 5.32 Å². The molecular weight excluding hydrogens is 408 g/mol. The van der Waals surface area contributed by atoms with Gasteiger partial charge in [-0.05, 0) is 48.9 Å². The summed E-state index contributed by atoms with van der Waals surface area (Å²) in [6, 6.07) is 11.7. The number of aryl methyl sites for hydroxylation is 1. The van der Waals surface area contributed by atoms with Crippen molar-refractivity contribution in [3.8, 4) is 0 Å². The van der Waals surface area contributed by atoms with Gasteiger partial charge in [0.05, 0.1) is 4.91 Å². The Bertz CT molecular complexity index is 891. The summed E-state index contributed by atoms with van der Waals surface area (Å²) in [5.74, 6) is 0.0134. The molecule has 28 heavy (non-hydrogen) atoms. The normalized spacial score (nSPS) is 15.5. The van der Waals surface area contributed by atoms with Crippen LogP contribution in [-0.4, -0.2) is 27.6 Å². The molecule has 1 aliphatic rings. The van der Waals surface area contributed by atoms with Crippen LogP contribution in [0.15, 0.2) is 46.7 Å². The summed E-state index contributed by atoms with van der Waals surface area (Å²) in [4.78, 5) is 28.0. The number of hydrogen-bond acceptors (Lipinski definition) is 5. The average Bonchev–Trinajstić information content (AvgIpc) is 3.27. The third kappa shape index (κ3) is 5.53. The Hall–Kier alpha value is -1.96. The molecule has 1 saturated heterocycles. The summed E-state index contributed by atoms with van der Waals surface area (Å²) < 4.78 is 0.616. The van der Waals surface area contributed by atoms with Crippen LogP contribution in [0.4, 0.5) is 5.69 Å². The van der Waals surface area contributed by atoms with E-state index in [2.05, 4.69) is 5.32 Å². The molecular formula is C21H22N2O2S3. The van der Waals surface area contributed by atoms with Gasteiger partial charge in [0.25, 0.3) is 5.91 Å². The average molecular weight is 431 g/mol. The van der Waals surface area contributed by atoms with Crippen molar-refractivity contribution < 1.29 is 9.59 Å². The summed E-state index contributed by atoms with van der Waals surface area (Å²) >= 11 is 8.33. The molecule has 2 amide bonds. The first kappa shape index (κ1) is 20.8. The molecule has 1 aromatic carbocycles. The van der Waals surface area contributed by atoms with Gasteiger partial charge >= 0.3 is 0 Å². The lowest BCUT2D eigenvalue weighted by Crippen LogP contribution is -2.29. The second-order valence-electron chi connectivity index (χ2n) is 6.52. The van der Waals surface area contributed by atoms with Crippen LogP contribution in [0, 0.1) is 6.92 Å². The van der Waals surface area contributed by atoms with Gasteiger partial charge in [-0.2, -0.15) is 0 Å². The highest BCUT2D eigenvalue weighted by Crippen LogP contribution is 2.33. The van der Waals surface area contributed by atoms with Gasteiger partial charge in [0.2, 0.25) is 5.91 Å². The molecule has 1 fully saturated rings. The third-order valence-corrected chi connectivity index (χ3v) is 6.59. The fourth-order valence-corrected chi connectivity index (χ4v) is 4.88. The van der Waals surface area contributed by atoms with Crippen LogP contribution in [0.2, 0.25) is 0 Å². The predicted molar refractivity (Wildman–Crippen MR) is 122 cm³/mol. The summed E-state index contributed by atoms with van der Waals surface area (Å²) in [6.07, 6.45) is 4.88. The molecule has 0 atom stereocenters. The maximum Gasteiger partial charge on any atom is 0.266 e. The summed E-state index contributed by atoms with van der Waals surface area (Å²) in [5, 5.41) is 4.94. The van der Waals surface area contributed by atoms with E-state index >= 15 is 0 Å². The van der Waals surface area contributed by atoms with Crippen LogP contribution in [0.25, 0.3) is 6.08 Å². The van der Waals surface area contributed by atoms with E-state index in [1.807, 2.05) is 54.8 Å². The molecule has 0 spiro atoms. The molecule has 4 nitrogen and oxygen atoms in total. The van der Waals surface area contributed by atoms with Gasteiger partial charge in [-0.3, -0.25) is 14.5 Å². The lowest BCUT2D eigenvalue weighted by atomic mass is 10.1. The minimum Gasteiger partial charge on any atom is -0.326 e. The number of anilines is 1. The van der Waals surface area contributed by atoms with Crippen LogP contribution in [0.1, 0.15) is 36.1 Å². The number of thiocarbonyl (C=S) groups is 1. The van der Waals surface area contributed by atoms with Crippen molar-refractivity contribution >= 4 is 63.2 Å². The minimum absolute atomic E-state index is 0.0132. The van der Waals surface area contributed by atoms with Crippen molar-refractivity contribution in [2.24, 2.45) is 0 Å². The zero-order chi connectivity index (χ0) is 19.9. The van der Waals surface area contributed by atoms with Crippen molar-refractivity contribution in [3.05, 3.63) is 57.1 Å². The highest BCUT2D eigenvalue weighted by Gasteiger charge is 2.31. The molecule has 1 aliphatic heterocycles. The Kier molecular flexibility index (Phi) is 7.42. The minimum atomic E-state index is -0.0132. The molecule has 0 radical (unpaired) electrons. The van der Waals surface area contributed by atoms with Gasteiger partial charge in [-0.25, -0.2) is 0 Å². The Morgan fingerprint density at radius 1 is 1.18 bits per heavy atom. The first-order valence-electron chi connectivity index (χ1n) is 9.19. The molecule has 2 heterocycles. The maximum atomic E-state index is 12.5. The van der Waals surface area contributed by atoms with Crippen molar-refractivity contribution in [2.45, 2.75) is 32.6 Å². The van der Waals surface area contributed by atoms with E-state index in [1.165, 1.54) is 11.8 Å². The molecule has 1 N–H and O–H groups in total. The van der Waals surface area contributed by atoms with Crippen LogP contribution in [0.3, 0.4) is 0 Å². The maximum absolute atomic E-state index is 12.5. The fourth-order valence-electron chi connectivity index (χ4n) is 2.85. The van der Waals surface area contributed by atoms with Gasteiger partial charge in [0.15, 0.2) is 0 Å². The molecule has 0 bridgehead atoms. The Morgan fingerprint density at radius 2 is 2.00 bits per heavy atom. The number of carbonyl (C=O) groups is 2. The standard InChI is InChI=1S/C21H22N2O2S3/c1-15-8-4-5-10-17(15)22-19(24)11-3-2-6-12-23-20(25)18(28-21(23)26)14-16-9-7-13-27-16/h4-5,7-10,13-14H,2-3,6,11-12H2,1H3,(H,22,24)/b18-14+. The van der Waals surface area contributed by atoms with E-state index in [-0.39, 0.29) is 11.8 Å². The lowest BCUT2D eigenvalue weighted by molar-refractivity contribution is -0.122. The SMILES string of the molecule is Cc1ccccc1NC(=O)CCCCCN1C(=O)/C(=C\c2cccs2)SC1=S. The first-order valence-corrected chi connectivity index (χ1v) is 11.3. The summed E-state index contributed by atoms with van der Waals surface area (Å²) in [7, 11) is 0. The first-order chi connectivity index (χ1) is 13.5. The second kappa shape index (κ2) is 10.0. The number of nitrogens with zero attached hydrogens (tertiary/aromatic N) is 1. The summed E-state index contributed by atoms with van der Waals surface area (Å²) in [5.41, 5.74) is 1.92. The Labute approximate surface area is 179 Å². The molecule has 0 saturated carbocycles. The van der Waals surface area contributed by atoms with Crippen LogP contribution in [0.5, 0.6) is 0 Å². The van der Waals surface area contributed by atoms with E-state index in [9.17, 15) is 9.59 Å². The number of benzene rings is 1. The van der Waals surface area contributed by atoms with Crippen LogP contribution in [-0.2, 0) is 9.59 Å². The van der Waals surface area contributed by atoms with E-state index in [4.69, 9.17) is 12.2 Å². The van der Waals surface area contributed by atoms with E-state index in [1.54, 1.807) is 16.2 Å². The van der Waals surface area contributed by atoms with Crippen LogP contribution >= 0.6 is 35.3 Å². The van der Waals surface area contributed by atoms with E-state index in [0.29, 0.717) is 22.2 Å². The molecule has 7 heteroatoms. The van der Waals surface area contributed by atoms with Crippen molar-refractivity contribution in [2.75, 3.05) is 11.9 Å². The molecule has 0 aliphatic carbocycles. The summed E-state index contributed by atoms with van der Waals surface area (Å²) in [6.45, 7) is 2.58. The number of unbranched alkanes of at least 4 members (excludes halogenated alkanes) is 2. The zero-order valence-corrected chi connectivity index (χ0v) is 18.1. The molecule has 2 aromatic rings. The number of hydrogen-bond donors (Lipinski definition) is 1. The third-order valence-electron chi connectivity index (χ3n) is 4.39. The molecule has 1 aromatic heterocycles. The van der Waals surface area contributed by atoms with Gasteiger partial charge in [0.1, 0.15) is 4.32 Å². The molecule has 3 rings (SSSR count). The largest absolute Gasteiger partial charge is 0.326 e. The number of carbonyl (C=O) groups excluding carboxylic acids is 2. The van der Waals surface area contributed by atoms with Gasteiger partial charge in [-0.15, -0.1) is 11.3 Å². The Balaban J connectivity index is 1.39. The van der Waals surface area contributed by atoms with Gasteiger partial charge in [-0.1, -0.05) is 54.7 Å². The topological polar surface area (TPSA) is 49.4 Å². The number of para-hydroxylation sites is 1. The van der Waals surface area contributed by atoms with Crippen molar-refractivity contribution in [1.29, 1.82) is 0 Å². The van der Waals surface area contributed by atoms with Crippen molar-refractivity contribution in [1.82, 2.24) is 4.90 Å². The second-order valence-corrected chi connectivity index (χ2v) is 9.18.